The minimum Gasteiger partial charge on any atom is -0.459 e. The van der Waals surface area contributed by atoms with E-state index in [1.54, 1.807) is 25.1 Å². The summed E-state index contributed by atoms with van der Waals surface area (Å²) >= 11 is 4.22. The number of carbonyl (C=O) groups excluding carboxylic acids is 3. The standard InChI is InChI=1S/C23H25NO6S/c1-15(23(27)28-12-17-6-4-3-5-7-17)24(13-31)22(26)19(16(2)25)10-18-8-9-20-21(11-18)30-14-29-20/h3-9,11,15,19,31H,10,12-14H2,1-2H3/t15-,19-/m0/s1. The number of rotatable bonds is 9. The van der Waals surface area contributed by atoms with Crippen LogP contribution < -0.4 is 9.47 Å². The lowest BCUT2D eigenvalue weighted by molar-refractivity contribution is -0.157. The molecule has 1 aliphatic heterocycles. The van der Waals surface area contributed by atoms with Gasteiger partial charge in [-0.3, -0.25) is 9.59 Å². The van der Waals surface area contributed by atoms with Crippen molar-refractivity contribution in [3.05, 3.63) is 59.7 Å². The Balaban J connectivity index is 1.68. The molecule has 31 heavy (non-hydrogen) atoms. The van der Waals surface area contributed by atoms with E-state index in [1.807, 2.05) is 30.3 Å². The lowest BCUT2D eigenvalue weighted by Gasteiger charge is -2.29. The summed E-state index contributed by atoms with van der Waals surface area (Å²) in [5.74, 6) is -1.08. The van der Waals surface area contributed by atoms with E-state index in [-0.39, 0.29) is 31.5 Å². The first-order chi connectivity index (χ1) is 14.9. The molecule has 0 N–H and O–H groups in total. The third kappa shape index (κ3) is 5.58. The van der Waals surface area contributed by atoms with Crippen LogP contribution in [0.4, 0.5) is 0 Å². The third-order valence-corrected chi connectivity index (χ3v) is 5.44. The summed E-state index contributed by atoms with van der Waals surface area (Å²) in [5.41, 5.74) is 1.60. The fraction of sp³-hybridized carbons (Fsp3) is 0.348. The number of Topliss-reactive ketones (excluding diaryl/α,β-unsaturated/α-hetero) is 1. The minimum atomic E-state index is -0.947. The maximum absolute atomic E-state index is 13.2. The molecule has 7 nitrogen and oxygen atoms in total. The number of nitrogens with zero attached hydrogens (tertiary/aromatic N) is 1. The molecular formula is C23H25NO6S. The van der Waals surface area contributed by atoms with Gasteiger partial charge in [-0.1, -0.05) is 36.4 Å². The molecule has 1 aliphatic rings. The summed E-state index contributed by atoms with van der Waals surface area (Å²) in [6.45, 7) is 3.18. The lowest BCUT2D eigenvalue weighted by Crippen LogP contribution is -2.47. The van der Waals surface area contributed by atoms with E-state index in [1.165, 1.54) is 11.8 Å². The SMILES string of the molecule is CC(=O)[C@H](Cc1ccc2c(c1)OCO2)C(=O)N(CS)[C@@H](C)C(=O)OCc1ccccc1. The average molecular weight is 444 g/mol. The number of benzene rings is 2. The van der Waals surface area contributed by atoms with Crippen molar-refractivity contribution < 1.29 is 28.6 Å². The van der Waals surface area contributed by atoms with Gasteiger partial charge in [0.1, 0.15) is 24.3 Å². The first-order valence-corrected chi connectivity index (χ1v) is 10.5. The number of hydrogen-bond donors (Lipinski definition) is 1. The fourth-order valence-electron chi connectivity index (χ4n) is 3.27. The Morgan fingerprint density at radius 1 is 1.06 bits per heavy atom. The zero-order valence-electron chi connectivity index (χ0n) is 17.4. The van der Waals surface area contributed by atoms with Crippen LogP contribution in [0.5, 0.6) is 11.5 Å². The van der Waals surface area contributed by atoms with Gasteiger partial charge >= 0.3 is 5.97 Å². The van der Waals surface area contributed by atoms with Crippen LogP contribution >= 0.6 is 12.6 Å². The Kier molecular flexibility index (Phi) is 7.57. The average Bonchev–Trinajstić information content (AvgIpc) is 3.24. The topological polar surface area (TPSA) is 82.1 Å². The van der Waals surface area contributed by atoms with E-state index in [2.05, 4.69) is 12.6 Å². The van der Waals surface area contributed by atoms with Crippen molar-refractivity contribution in [2.24, 2.45) is 5.92 Å². The number of esters is 1. The van der Waals surface area contributed by atoms with Crippen LogP contribution in [0.3, 0.4) is 0 Å². The first kappa shape index (κ1) is 22.7. The van der Waals surface area contributed by atoms with E-state index in [0.717, 1.165) is 11.1 Å². The van der Waals surface area contributed by atoms with Crippen LogP contribution in [-0.2, 0) is 32.1 Å². The van der Waals surface area contributed by atoms with Crippen molar-refractivity contribution in [1.82, 2.24) is 4.90 Å². The highest BCUT2D eigenvalue weighted by Gasteiger charge is 2.34. The first-order valence-electron chi connectivity index (χ1n) is 9.91. The maximum atomic E-state index is 13.2. The zero-order chi connectivity index (χ0) is 22.4. The molecule has 0 fully saturated rings. The lowest BCUT2D eigenvalue weighted by atomic mass is 9.94. The number of ketones is 1. The van der Waals surface area contributed by atoms with Gasteiger partial charge in [0.05, 0.1) is 5.88 Å². The Morgan fingerprint density at radius 2 is 1.77 bits per heavy atom. The second kappa shape index (κ2) is 10.3. The van der Waals surface area contributed by atoms with Crippen LogP contribution in [0, 0.1) is 5.92 Å². The summed E-state index contributed by atoms with van der Waals surface area (Å²) in [4.78, 5) is 39.3. The molecular weight excluding hydrogens is 418 g/mol. The molecule has 164 valence electrons. The van der Waals surface area contributed by atoms with Crippen LogP contribution in [0.25, 0.3) is 0 Å². The van der Waals surface area contributed by atoms with Gasteiger partial charge < -0.3 is 19.1 Å². The van der Waals surface area contributed by atoms with Crippen molar-refractivity contribution in [1.29, 1.82) is 0 Å². The Bertz CT molecular complexity index is 948. The minimum absolute atomic E-state index is 0.0225. The Morgan fingerprint density at radius 3 is 2.45 bits per heavy atom. The Labute approximate surface area is 186 Å². The number of thiol groups is 1. The van der Waals surface area contributed by atoms with Crippen molar-refractivity contribution in [2.45, 2.75) is 32.9 Å². The molecule has 2 aromatic rings. The fourth-order valence-corrected chi connectivity index (χ4v) is 3.65. The molecule has 8 heteroatoms. The van der Waals surface area contributed by atoms with Crippen molar-refractivity contribution >= 4 is 30.3 Å². The summed E-state index contributed by atoms with van der Waals surface area (Å²) in [7, 11) is 0. The summed E-state index contributed by atoms with van der Waals surface area (Å²) < 4.78 is 16.0. The highest BCUT2D eigenvalue weighted by atomic mass is 32.1. The van der Waals surface area contributed by atoms with Gasteiger partial charge in [0.2, 0.25) is 12.7 Å². The monoisotopic (exact) mass is 443 g/mol. The highest BCUT2D eigenvalue weighted by molar-refractivity contribution is 7.80. The molecule has 0 unspecified atom stereocenters. The zero-order valence-corrected chi connectivity index (χ0v) is 18.3. The quantitative estimate of drug-likeness (QED) is 0.278. The second-order valence-electron chi connectivity index (χ2n) is 7.27. The third-order valence-electron chi connectivity index (χ3n) is 5.13. The maximum Gasteiger partial charge on any atom is 0.328 e. The van der Waals surface area contributed by atoms with Gasteiger partial charge in [-0.05, 0) is 43.5 Å². The number of fused-ring (bicyclic) bond motifs is 1. The van der Waals surface area contributed by atoms with Gasteiger partial charge in [-0.2, -0.15) is 12.6 Å². The normalized spacial score (nSPS) is 13.9. The van der Waals surface area contributed by atoms with E-state index >= 15 is 0 Å². The molecule has 0 spiro atoms. The van der Waals surface area contributed by atoms with Gasteiger partial charge in [-0.25, -0.2) is 4.79 Å². The van der Waals surface area contributed by atoms with E-state index < -0.39 is 23.8 Å². The molecule has 0 saturated heterocycles. The predicted octanol–water partition coefficient (Wildman–Crippen LogP) is 3.01. The predicted molar refractivity (Wildman–Crippen MR) is 117 cm³/mol. The molecule has 0 aromatic heterocycles. The second-order valence-corrected chi connectivity index (χ2v) is 7.56. The van der Waals surface area contributed by atoms with Crippen LogP contribution in [0.1, 0.15) is 25.0 Å². The molecule has 0 saturated carbocycles. The molecule has 1 amide bonds. The van der Waals surface area contributed by atoms with Crippen molar-refractivity contribution in [2.75, 3.05) is 12.7 Å². The van der Waals surface area contributed by atoms with E-state index in [0.29, 0.717) is 11.5 Å². The number of amides is 1. The van der Waals surface area contributed by atoms with Gasteiger partial charge in [0, 0.05) is 0 Å². The van der Waals surface area contributed by atoms with E-state index in [9.17, 15) is 14.4 Å². The van der Waals surface area contributed by atoms with Crippen molar-refractivity contribution in [3.8, 4) is 11.5 Å². The molecule has 3 rings (SSSR count). The van der Waals surface area contributed by atoms with Gasteiger partial charge in [0.15, 0.2) is 11.5 Å². The van der Waals surface area contributed by atoms with Gasteiger partial charge in [-0.15, -0.1) is 0 Å². The largest absolute Gasteiger partial charge is 0.459 e. The smallest absolute Gasteiger partial charge is 0.328 e. The van der Waals surface area contributed by atoms with Crippen LogP contribution in [0.2, 0.25) is 0 Å². The number of ether oxygens (including phenoxy) is 3. The summed E-state index contributed by atoms with van der Waals surface area (Å²) in [6, 6.07) is 13.7. The summed E-state index contributed by atoms with van der Waals surface area (Å²) in [5, 5.41) is 0. The molecule has 0 aliphatic carbocycles. The highest BCUT2D eigenvalue weighted by Crippen LogP contribution is 2.33. The molecule has 1 heterocycles. The van der Waals surface area contributed by atoms with Crippen LogP contribution in [0.15, 0.2) is 48.5 Å². The van der Waals surface area contributed by atoms with Crippen LogP contribution in [-0.4, -0.2) is 41.3 Å². The molecule has 0 bridgehead atoms. The number of hydrogen-bond acceptors (Lipinski definition) is 7. The molecule has 0 radical (unpaired) electrons. The van der Waals surface area contributed by atoms with E-state index in [4.69, 9.17) is 14.2 Å². The molecule has 2 aromatic carbocycles. The summed E-state index contributed by atoms with van der Waals surface area (Å²) in [6.07, 6.45) is 0.181. The van der Waals surface area contributed by atoms with Crippen molar-refractivity contribution in [3.63, 3.8) is 0 Å². The molecule has 2 atom stereocenters. The Hall–Kier alpha value is -3.00. The van der Waals surface area contributed by atoms with Gasteiger partial charge in [0.25, 0.3) is 0 Å². The number of carbonyl (C=O) groups is 3.